The number of fused-ring (bicyclic) bond motifs is 6. The largest absolute Gasteiger partial charge is 0.397 e. The second kappa shape index (κ2) is 48.3. The number of rotatable bonds is 21. The molecule has 14 aromatic rings. The highest BCUT2D eigenvalue weighted by molar-refractivity contribution is 5.91. The number of hydrogen-bond acceptors (Lipinski definition) is 24. The molecule has 3 saturated heterocycles. The number of anilines is 5. The number of para-hydroxylation sites is 6. The lowest BCUT2D eigenvalue weighted by Crippen LogP contribution is -2.46. The quantitative estimate of drug-likeness (QED) is 0.0171. The predicted molar refractivity (Wildman–Crippen MR) is 503 cm³/mol. The van der Waals surface area contributed by atoms with E-state index in [1.807, 2.05) is 36.4 Å². The highest BCUT2D eigenvalue weighted by Crippen LogP contribution is 2.36. The summed E-state index contributed by atoms with van der Waals surface area (Å²) in [6, 6.07) is 49.2. The summed E-state index contributed by atoms with van der Waals surface area (Å²) in [6.07, 6.45) is 38.0. The van der Waals surface area contributed by atoms with Crippen molar-refractivity contribution < 1.29 is 14.8 Å². The summed E-state index contributed by atoms with van der Waals surface area (Å²) < 4.78 is 0. The molecule has 0 spiro atoms. The molecule has 4 fully saturated rings. The van der Waals surface area contributed by atoms with E-state index in [-0.39, 0.29) is 58.1 Å². The van der Waals surface area contributed by atoms with Crippen molar-refractivity contribution in [1.29, 1.82) is 0 Å². The van der Waals surface area contributed by atoms with Crippen molar-refractivity contribution in [3.05, 3.63) is 279 Å². The van der Waals surface area contributed by atoms with E-state index in [1.165, 1.54) is 179 Å². The van der Waals surface area contributed by atoms with Crippen molar-refractivity contribution in [1.82, 2.24) is 69.9 Å². The molecule has 124 heavy (non-hydrogen) atoms. The summed E-state index contributed by atoms with van der Waals surface area (Å²) >= 11 is 0. The van der Waals surface area contributed by atoms with Crippen LogP contribution in [0.25, 0.3) is 70.9 Å². The van der Waals surface area contributed by atoms with Crippen LogP contribution in [0.5, 0.6) is 0 Å². The second-order valence-electron chi connectivity index (χ2n) is 30.2. The van der Waals surface area contributed by atoms with Crippen molar-refractivity contribution in [3.63, 3.8) is 0 Å². The van der Waals surface area contributed by atoms with Gasteiger partial charge in [0.15, 0.2) is 16.7 Å². The number of nitro benzene ring substituents is 3. The van der Waals surface area contributed by atoms with Crippen molar-refractivity contribution in [3.8, 4) is 0 Å². The minimum Gasteiger partial charge on any atom is -0.397 e. The molecule has 18 rings (SSSR count). The van der Waals surface area contributed by atoms with E-state index in [4.69, 9.17) is 18.0 Å². The molecule has 0 bridgehead atoms. The molecule has 29 nitrogen and oxygen atoms in total. The van der Waals surface area contributed by atoms with Gasteiger partial charge in [0.05, 0.1) is 71.7 Å². The van der Waals surface area contributed by atoms with Crippen molar-refractivity contribution in [2.75, 3.05) is 111 Å². The maximum Gasteiger partial charge on any atom is 0.297 e. The summed E-state index contributed by atoms with van der Waals surface area (Å²) in [5.74, 6) is 1.96. The molecule has 1 saturated carbocycles. The van der Waals surface area contributed by atoms with Crippen LogP contribution >= 0.6 is 0 Å². The smallest absolute Gasteiger partial charge is 0.297 e. The monoisotopic (exact) mass is 1680 g/mol. The summed E-state index contributed by atoms with van der Waals surface area (Å²) in [5.41, 5.74) is 26.7. The summed E-state index contributed by atoms with van der Waals surface area (Å²) in [6.45, 7) is 22.4. The lowest BCUT2D eigenvalue weighted by atomic mass is 9.78. The maximum atomic E-state index is 10.6. The van der Waals surface area contributed by atoms with E-state index in [0.717, 1.165) is 148 Å². The number of nitro groups is 3. The highest BCUT2D eigenvalue weighted by atomic mass is 16.6. The van der Waals surface area contributed by atoms with Crippen LogP contribution in [0, 0.1) is 48.8 Å². The van der Waals surface area contributed by atoms with E-state index in [2.05, 4.69) is 162 Å². The minimum atomic E-state index is -0.564. The molecule has 0 atom stereocenters. The number of non-ortho nitro benzene ring substituents is 2. The first-order chi connectivity index (χ1) is 58.8. The molecule has 1 aliphatic carbocycles. The fourth-order valence-corrected chi connectivity index (χ4v) is 16.1. The number of nitrogens with two attached hydrogens (primary N) is 2. The minimum absolute atomic E-state index is 0. The van der Waals surface area contributed by atoms with Crippen molar-refractivity contribution >= 4 is 117 Å². The molecule has 0 amide bonds. The zero-order chi connectivity index (χ0) is 83.2. The molecule has 8 aromatic carbocycles. The first kappa shape index (κ1) is 94.4. The van der Waals surface area contributed by atoms with E-state index < -0.39 is 14.8 Å². The Kier molecular flexibility index (Phi) is 36.8. The molecular formula is C95H117N23O6. The summed E-state index contributed by atoms with van der Waals surface area (Å²) in [4.78, 5) is 91.8. The number of benzene rings is 8. The van der Waals surface area contributed by atoms with Gasteiger partial charge in [-0.2, -0.15) is 0 Å². The molecule has 29 heteroatoms. The molecule has 6 N–H and O–H groups in total. The number of piperazine rings is 3. The van der Waals surface area contributed by atoms with Gasteiger partial charge >= 0.3 is 0 Å². The van der Waals surface area contributed by atoms with Gasteiger partial charge in [-0.3, -0.25) is 80.0 Å². The summed E-state index contributed by atoms with van der Waals surface area (Å²) in [7, 11) is 0. The highest BCUT2D eigenvalue weighted by Gasteiger charge is 2.25. The Hall–Kier alpha value is -13.4. The van der Waals surface area contributed by atoms with Crippen LogP contribution in [0.4, 0.5) is 51.2 Å². The number of aromatic amines is 1. The fourth-order valence-electron chi connectivity index (χ4n) is 16.1. The van der Waals surface area contributed by atoms with Crippen LogP contribution < -0.4 is 31.5 Å². The number of nitrogen functional groups attached to an aromatic ring is 2. The molecule has 0 radical (unpaired) electrons. The van der Waals surface area contributed by atoms with Gasteiger partial charge in [-0.1, -0.05) is 173 Å². The van der Waals surface area contributed by atoms with Gasteiger partial charge in [-0.25, -0.2) is 14.8 Å². The van der Waals surface area contributed by atoms with Gasteiger partial charge in [-0.05, 0) is 121 Å². The lowest BCUT2D eigenvalue weighted by Gasteiger charge is -2.36. The predicted octanol–water partition coefficient (Wildman–Crippen LogP) is 19.7. The Balaban J connectivity index is 0.000000183. The third kappa shape index (κ3) is 25.8. The normalized spacial score (nSPS) is 15.0. The van der Waals surface area contributed by atoms with Gasteiger partial charge in [0, 0.05) is 177 Å². The molecule has 3 aliphatic heterocycles. The van der Waals surface area contributed by atoms with Gasteiger partial charge in [0.2, 0.25) is 0 Å². The number of H-pyrrole nitrogens is 1. The lowest BCUT2D eigenvalue weighted by molar-refractivity contribution is -0.383. The zero-order valence-corrected chi connectivity index (χ0v) is 67.4. The Bertz CT molecular complexity index is 5620. The Morgan fingerprint density at radius 3 is 1.27 bits per heavy atom. The summed E-state index contributed by atoms with van der Waals surface area (Å²) in [5, 5.41) is 35.9. The Morgan fingerprint density at radius 1 is 0.411 bits per heavy atom. The Morgan fingerprint density at radius 2 is 0.806 bits per heavy atom. The number of aryl methyl sites for hydroxylation is 1. The van der Waals surface area contributed by atoms with Crippen LogP contribution in [-0.2, 0) is 13.0 Å². The van der Waals surface area contributed by atoms with E-state index in [9.17, 15) is 30.3 Å². The van der Waals surface area contributed by atoms with Crippen molar-refractivity contribution in [2.24, 2.45) is 11.8 Å². The third-order valence-corrected chi connectivity index (χ3v) is 22.5. The molecule has 0 unspecified atom stereocenters. The van der Waals surface area contributed by atoms with Crippen molar-refractivity contribution in [2.45, 2.75) is 126 Å². The number of aromatic nitrogens is 11. The first-order valence-corrected chi connectivity index (χ1v) is 41.3. The van der Waals surface area contributed by atoms with Crippen LogP contribution in [0.15, 0.2) is 226 Å². The standard InChI is InChI=1S/C38H50N6.C19H20N4.C12H14N4.2C8H5N3O2.C6H7N3O2.4CH4/c1-39-33-19-20-35-34(28-33)32(29-42-35)12-6-4-2-3-5-10-30-15-17-31(18-16-30)11-7-8-23-43-24-26-44(27-25-43)37-14-9-13-36-38(37)41-22-21-40-36;1-2-5-16(6-3-1)15-22-11-13-23(14-12-22)18-8-4-7-17-19(18)21-10-9-20-17;1-2-10-12(15-5-4-14-10)11(3-1)16-8-6-13-7-9-16;2*12-11(13)7-3-1-2-6-8(7)10-5-4-9-6;7-4-2-1-3-5(6(4)8)9(10)11;;;;/h9,13-14,19-22,28-31,42H,2-8,10-12,15-18,23-27H2;1-10H,11-15H2;1-5,13H,6-9H2;2*1-5H;1-3H,7-8H2;4*1H4. The maximum absolute atomic E-state index is 10.6. The van der Waals surface area contributed by atoms with Gasteiger partial charge in [0.25, 0.3) is 17.1 Å². The van der Waals surface area contributed by atoms with Crippen LogP contribution in [0.3, 0.4) is 0 Å². The van der Waals surface area contributed by atoms with Gasteiger partial charge in [-0.15, -0.1) is 0 Å². The topological polar surface area (TPSA) is 359 Å². The van der Waals surface area contributed by atoms with Gasteiger partial charge in [0.1, 0.15) is 22.2 Å². The first-order valence-electron chi connectivity index (χ1n) is 41.3. The Labute approximate surface area is 726 Å². The number of unbranched alkanes of at least 4 members (excludes halogenated alkanes) is 5. The average Bonchev–Trinajstić information content (AvgIpc) is 1.04. The molecular weight excluding hydrogens is 1560 g/mol. The van der Waals surface area contributed by atoms with Crippen LogP contribution in [-0.4, -0.2) is 164 Å². The average molecular weight is 1680 g/mol. The fraction of sp³-hybridized carbons (Fsp3) is 0.358. The number of nitrogens with one attached hydrogen (secondary N) is 2. The van der Waals surface area contributed by atoms with Gasteiger partial charge < -0.3 is 36.5 Å². The third-order valence-electron chi connectivity index (χ3n) is 22.5. The second-order valence-corrected chi connectivity index (χ2v) is 30.2. The van der Waals surface area contributed by atoms with Crippen LogP contribution in [0.2, 0.25) is 0 Å². The molecule has 648 valence electrons. The SMILES string of the molecule is C.C.C.C.Nc1cccc([N+](=O)[O-])c1N.O=[N+]([O-])c1cccc2nccnc12.O=[N+]([O-])c1cccc2nccnc12.[C-]#[N+]c1ccc2[nH]cc(CCCCCCCC3CCC(CCCCN4CCN(c5cccc6nccnc56)CC4)CC3)c2c1.c1cc(N2CCNCC2)c2nccnc2c1.c1ccc(CN2CCN(c3cccc4nccnc34)CC2)cc1. The van der Waals surface area contributed by atoms with E-state index >= 15 is 0 Å². The number of hydrogen-bond donors (Lipinski definition) is 4. The molecule has 6 aromatic heterocycles. The van der Waals surface area contributed by atoms with Crippen LogP contribution in [0.1, 0.15) is 124 Å². The molecule has 9 heterocycles. The van der Waals surface area contributed by atoms with E-state index in [1.54, 1.807) is 61.4 Å². The number of nitrogens with zero attached hydrogens (tertiary/aromatic N) is 19. The zero-order valence-electron chi connectivity index (χ0n) is 67.4. The van der Waals surface area contributed by atoms with E-state index in [0.29, 0.717) is 22.1 Å². The molecule has 4 aliphatic rings.